The minimum atomic E-state index is -0.0542. The fraction of sp³-hybridized carbons (Fsp3) is 0.588. The third-order valence-corrected chi connectivity index (χ3v) is 3.05. The SMILES string of the molecule is CC.CC(=O)CC(C)(C)c1ccc(C(C)C)cc1. The molecule has 1 aromatic carbocycles. The number of hydrogen-bond acceptors (Lipinski definition) is 1. The summed E-state index contributed by atoms with van der Waals surface area (Å²) in [4.78, 5) is 11.2. The van der Waals surface area contributed by atoms with E-state index in [0.29, 0.717) is 12.3 Å². The van der Waals surface area contributed by atoms with Gasteiger partial charge in [-0.3, -0.25) is 4.79 Å². The fourth-order valence-electron chi connectivity index (χ4n) is 2.04. The van der Waals surface area contributed by atoms with Crippen LogP contribution in [0.5, 0.6) is 0 Å². The molecule has 0 saturated carbocycles. The molecule has 1 nitrogen and oxygen atoms in total. The monoisotopic (exact) mass is 248 g/mol. The van der Waals surface area contributed by atoms with Crippen LogP contribution in [0.25, 0.3) is 0 Å². The first-order valence-corrected chi connectivity index (χ1v) is 6.93. The van der Waals surface area contributed by atoms with Gasteiger partial charge in [0.1, 0.15) is 5.78 Å². The van der Waals surface area contributed by atoms with Gasteiger partial charge in [-0.05, 0) is 29.4 Å². The first-order valence-electron chi connectivity index (χ1n) is 6.93. The van der Waals surface area contributed by atoms with Gasteiger partial charge >= 0.3 is 0 Å². The molecule has 0 aliphatic carbocycles. The van der Waals surface area contributed by atoms with Gasteiger partial charge in [0.05, 0.1) is 0 Å². The quantitative estimate of drug-likeness (QED) is 0.725. The van der Waals surface area contributed by atoms with Crippen molar-refractivity contribution >= 4 is 5.78 Å². The highest BCUT2D eigenvalue weighted by Crippen LogP contribution is 2.28. The van der Waals surface area contributed by atoms with Crippen molar-refractivity contribution in [1.82, 2.24) is 0 Å². The molecule has 18 heavy (non-hydrogen) atoms. The van der Waals surface area contributed by atoms with Crippen LogP contribution in [0.15, 0.2) is 24.3 Å². The van der Waals surface area contributed by atoms with Gasteiger partial charge in [-0.25, -0.2) is 0 Å². The summed E-state index contributed by atoms with van der Waals surface area (Å²) in [5.74, 6) is 0.808. The summed E-state index contributed by atoms with van der Waals surface area (Å²) < 4.78 is 0. The van der Waals surface area contributed by atoms with Crippen molar-refractivity contribution in [2.75, 3.05) is 0 Å². The molecule has 0 aromatic heterocycles. The normalized spacial score (nSPS) is 10.9. The largest absolute Gasteiger partial charge is 0.300 e. The summed E-state index contributed by atoms with van der Waals surface area (Å²) in [6.07, 6.45) is 0.605. The van der Waals surface area contributed by atoms with E-state index in [1.165, 1.54) is 11.1 Å². The lowest BCUT2D eigenvalue weighted by atomic mass is 9.80. The highest BCUT2D eigenvalue weighted by atomic mass is 16.1. The zero-order valence-electron chi connectivity index (χ0n) is 13.0. The van der Waals surface area contributed by atoms with E-state index in [1.54, 1.807) is 6.92 Å². The maximum Gasteiger partial charge on any atom is 0.130 e. The van der Waals surface area contributed by atoms with Crippen LogP contribution in [0.3, 0.4) is 0 Å². The molecule has 0 radical (unpaired) electrons. The Balaban J connectivity index is 0.00000137. The predicted octanol–water partition coefficient (Wildman–Crippen LogP) is 5.09. The molecule has 0 N–H and O–H groups in total. The maximum atomic E-state index is 11.2. The minimum absolute atomic E-state index is 0.0542. The first kappa shape index (κ1) is 16.9. The molecule has 0 fully saturated rings. The number of carbonyl (C=O) groups is 1. The van der Waals surface area contributed by atoms with Gasteiger partial charge in [-0.1, -0.05) is 65.8 Å². The zero-order valence-corrected chi connectivity index (χ0v) is 13.0. The number of Topliss-reactive ketones (excluding diaryl/α,β-unsaturated/α-hetero) is 1. The van der Waals surface area contributed by atoms with Crippen LogP contribution >= 0.6 is 0 Å². The molecule has 0 saturated heterocycles. The average molecular weight is 248 g/mol. The van der Waals surface area contributed by atoms with E-state index in [2.05, 4.69) is 52.0 Å². The Labute approximate surface area is 113 Å². The lowest BCUT2D eigenvalue weighted by molar-refractivity contribution is -0.118. The molecule has 0 unspecified atom stereocenters. The zero-order chi connectivity index (χ0) is 14.3. The summed E-state index contributed by atoms with van der Waals surface area (Å²) in [5, 5.41) is 0. The van der Waals surface area contributed by atoms with Crippen molar-refractivity contribution in [3.8, 4) is 0 Å². The van der Waals surface area contributed by atoms with Gasteiger partial charge in [0, 0.05) is 6.42 Å². The number of rotatable bonds is 4. The van der Waals surface area contributed by atoms with E-state index < -0.39 is 0 Å². The minimum Gasteiger partial charge on any atom is -0.300 e. The summed E-state index contributed by atoms with van der Waals surface area (Å²) in [6, 6.07) is 8.64. The molecular weight excluding hydrogens is 220 g/mol. The lowest BCUT2D eigenvalue weighted by Crippen LogP contribution is -2.20. The van der Waals surface area contributed by atoms with Gasteiger partial charge in [-0.15, -0.1) is 0 Å². The molecule has 102 valence electrons. The van der Waals surface area contributed by atoms with E-state index in [9.17, 15) is 4.79 Å². The molecule has 0 aliphatic rings. The lowest BCUT2D eigenvalue weighted by Gasteiger charge is -2.24. The molecule has 0 aliphatic heterocycles. The number of hydrogen-bond donors (Lipinski definition) is 0. The molecule has 1 aromatic rings. The van der Waals surface area contributed by atoms with Crippen molar-refractivity contribution in [2.24, 2.45) is 0 Å². The van der Waals surface area contributed by atoms with Gasteiger partial charge < -0.3 is 0 Å². The van der Waals surface area contributed by atoms with Crippen LogP contribution in [0.4, 0.5) is 0 Å². The molecule has 0 heterocycles. The molecule has 0 amide bonds. The molecule has 0 atom stereocenters. The van der Waals surface area contributed by atoms with Crippen molar-refractivity contribution < 1.29 is 4.79 Å². The van der Waals surface area contributed by atoms with Crippen LogP contribution in [0.1, 0.15) is 71.9 Å². The van der Waals surface area contributed by atoms with Crippen LogP contribution in [0.2, 0.25) is 0 Å². The highest BCUT2D eigenvalue weighted by Gasteiger charge is 2.22. The topological polar surface area (TPSA) is 17.1 Å². The average Bonchev–Trinajstić information content (AvgIpc) is 2.30. The second-order valence-corrected chi connectivity index (χ2v) is 5.54. The van der Waals surface area contributed by atoms with Crippen LogP contribution in [-0.2, 0) is 10.2 Å². The predicted molar refractivity (Wildman–Crippen MR) is 80.2 cm³/mol. The van der Waals surface area contributed by atoms with Crippen molar-refractivity contribution in [3.63, 3.8) is 0 Å². The smallest absolute Gasteiger partial charge is 0.130 e. The number of ketones is 1. The molecular formula is C17H28O. The molecule has 1 heteroatoms. The Morgan fingerprint density at radius 2 is 1.56 bits per heavy atom. The first-order chi connectivity index (χ1) is 8.33. The van der Waals surface area contributed by atoms with Crippen molar-refractivity contribution in [2.45, 2.75) is 66.2 Å². The van der Waals surface area contributed by atoms with E-state index >= 15 is 0 Å². The standard InChI is InChI=1S/C15H22O.C2H6/c1-11(2)13-6-8-14(9-7-13)15(4,5)10-12(3)16;1-2/h6-9,11H,10H2,1-5H3;1-2H3. The van der Waals surface area contributed by atoms with Crippen molar-refractivity contribution in [3.05, 3.63) is 35.4 Å². The van der Waals surface area contributed by atoms with E-state index in [1.807, 2.05) is 13.8 Å². The molecule has 0 spiro atoms. The molecule has 1 rings (SSSR count). The van der Waals surface area contributed by atoms with Gasteiger partial charge in [0.2, 0.25) is 0 Å². The second kappa shape index (κ2) is 7.35. The van der Waals surface area contributed by atoms with Crippen LogP contribution in [0, 0.1) is 0 Å². The Bertz CT molecular complexity index is 358. The summed E-state index contributed by atoms with van der Waals surface area (Å²) in [7, 11) is 0. The van der Waals surface area contributed by atoms with E-state index in [0.717, 1.165) is 0 Å². The fourth-order valence-corrected chi connectivity index (χ4v) is 2.04. The number of carbonyl (C=O) groups excluding carboxylic acids is 1. The van der Waals surface area contributed by atoms with E-state index in [4.69, 9.17) is 0 Å². The Kier molecular flexibility index (Phi) is 6.90. The Hall–Kier alpha value is -1.11. The van der Waals surface area contributed by atoms with Crippen LogP contribution in [-0.4, -0.2) is 5.78 Å². The maximum absolute atomic E-state index is 11.2. The van der Waals surface area contributed by atoms with Gasteiger partial charge in [0.25, 0.3) is 0 Å². The van der Waals surface area contributed by atoms with Crippen LogP contribution < -0.4 is 0 Å². The Morgan fingerprint density at radius 3 is 1.89 bits per heavy atom. The third-order valence-electron chi connectivity index (χ3n) is 3.05. The summed E-state index contributed by atoms with van der Waals surface area (Å²) in [5.41, 5.74) is 2.54. The molecule has 0 bridgehead atoms. The Morgan fingerprint density at radius 1 is 1.11 bits per heavy atom. The van der Waals surface area contributed by atoms with Crippen molar-refractivity contribution in [1.29, 1.82) is 0 Å². The highest BCUT2D eigenvalue weighted by molar-refractivity contribution is 5.77. The summed E-state index contributed by atoms with van der Waals surface area (Å²) >= 11 is 0. The summed E-state index contributed by atoms with van der Waals surface area (Å²) in [6.45, 7) is 14.3. The van der Waals surface area contributed by atoms with Gasteiger partial charge in [-0.2, -0.15) is 0 Å². The van der Waals surface area contributed by atoms with Gasteiger partial charge in [0.15, 0.2) is 0 Å². The third kappa shape index (κ3) is 5.03. The van der Waals surface area contributed by atoms with E-state index in [-0.39, 0.29) is 11.2 Å². The number of benzene rings is 1. The second-order valence-electron chi connectivity index (χ2n) is 5.54.